The summed E-state index contributed by atoms with van der Waals surface area (Å²) in [6.45, 7) is 1.96. The van der Waals surface area contributed by atoms with Gasteiger partial charge < -0.3 is 5.73 Å². The first-order chi connectivity index (χ1) is 6.47. The van der Waals surface area contributed by atoms with Crippen LogP contribution in [0.3, 0.4) is 0 Å². The van der Waals surface area contributed by atoms with E-state index in [0.717, 1.165) is 0 Å². The molecule has 0 unspecified atom stereocenters. The summed E-state index contributed by atoms with van der Waals surface area (Å²) < 4.78 is 27.0. The maximum absolute atomic E-state index is 11.7. The molecule has 0 spiro atoms. The predicted molar refractivity (Wildman–Crippen MR) is 52.0 cm³/mol. The number of aromatic nitrogens is 2. The van der Waals surface area contributed by atoms with Crippen LogP contribution in [0.25, 0.3) is 0 Å². The number of hydrogen-bond donors (Lipinski definition) is 2. The quantitative estimate of drug-likeness (QED) is 0.681. The average Bonchev–Trinajstić information content (AvgIpc) is 2.51. The zero-order valence-electron chi connectivity index (χ0n) is 8.14. The molecule has 0 bridgehead atoms. The van der Waals surface area contributed by atoms with Crippen LogP contribution in [0.5, 0.6) is 0 Å². The Morgan fingerprint density at radius 3 is 2.79 bits per heavy atom. The van der Waals surface area contributed by atoms with E-state index < -0.39 is 10.0 Å². The molecule has 0 saturated heterocycles. The molecule has 0 fully saturated rings. The number of sulfonamides is 1. The van der Waals surface area contributed by atoms with Crippen molar-refractivity contribution in [1.82, 2.24) is 14.5 Å². The zero-order valence-corrected chi connectivity index (χ0v) is 8.95. The molecule has 6 nitrogen and oxygen atoms in total. The molecule has 0 saturated carbocycles. The predicted octanol–water partition coefficient (Wildman–Crippen LogP) is -0.954. The van der Waals surface area contributed by atoms with Gasteiger partial charge in [0.15, 0.2) is 5.03 Å². The van der Waals surface area contributed by atoms with Gasteiger partial charge in [-0.25, -0.2) is 13.1 Å². The van der Waals surface area contributed by atoms with Crippen molar-refractivity contribution in [3.05, 3.63) is 12.3 Å². The summed E-state index contributed by atoms with van der Waals surface area (Å²) >= 11 is 0. The molecule has 1 heterocycles. The summed E-state index contributed by atoms with van der Waals surface area (Å²) in [5.41, 5.74) is 5.32. The fourth-order valence-electron chi connectivity index (χ4n) is 0.999. The lowest BCUT2D eigenvalue weighted by molar-refractivity contribution is 0.547. The third kappa shape index (κ3) is 2.31. The SMILES string of the molecule is C[C@H](CN)NS(=O)(=O)c1ccnn1C. The van der Waals surface area contributed by atoms with Gasteiger partial charge in [-0.3, -0.25) is 4.68 Å². The smallest absolute Gasteiger partial charge is 0.257 e. The van der Waals surface area contributed by atoms with E-state index in [0.29, 0.717) is 0 Å². The van der Waals surface area contributed by atoms with Crippen LogP contribution in [0, 0.1) is 0 Å². The molecule has 80 valence electrons. The second kappa shape index (κ2) is 4.07. The third-order valence-electron chi connectivity index (χ3n) is 1.76. The summed E-state index contributed by atoms with van der Waals surface area (Å²) in [6, 6.07) is 1.15. The molecule has 0 radical (unpaired) electrons. The Kier molecular flexibility index (Phi) is 3.25. The molecule has 7 heteroatoms. The Balaban J connectivity index is 2.92. The first-order valence-electron chi connectivity index (χ1n) is 4.18. The van der Waals surface area contributed by atoms with Crippen LogP contribution in [-0.4, -0.2) is 30.8 Å². The van der Waals surface area contributed by atoms with Gasteiger partial charge in [0.1, 0.15) is 0 Å². The minimum atomic E-state index is -3.49. The van der Waals surface area contributed by atoms with Gasteiger partial charge in [0.05, 0.1) is 6.20 Å². The van der Waals surface area contributed by atoms with Gasteiger partial charge in [-0.1, -0.05) is 0 Å². The number of aryl methyl sites for hydroxylation is 1. The van der Waals surface area contributed by atoms with Gasteiger partial charge in [0, 0.05) is 19.6 Å². The molecule has 0 aliphatic rings. The van der Waals surface area contributed by atoms with Gasteiger partial charge in [0.2, 0.25) is 0 Å². The van der Waals surface area contributed by atoms with E-state index in [1.54, 1.807) is 14.0 Å². The van der Waals surface area contributed by atoms with E-state index in [2.05, 4.69) is 9.82 Å². The van der Waals surface area contributed by atoms with Crippen LogP contribution in [0.1, 0.15) is 6.92 Å². The lowest BCUT2D eigenvalue weighted by atomic mass is 10.4. The Morgan fingerprint density at radius 1 is 1.71 bits per heavy atom. The number of rotatable bonds is 4. The number of nitrogens with two attached hydrogens (primary N) is 1. The Labute approximate surface area is 83.1 Å². The molecular formula is C7H14N4O2S. The summed E-state index contributed by atoms with van der Waals surface area (Å²) in [5, 5.41) is 3.92. The molecule has 3 N–H and O–H groups in total. The van der Waals surface area contributed by atoms with Crippen LogP contribution in [0.15, 0.2) is 17.3 Å². The molecule has 14 heavy (non-hydrogen) atoms. The highest BCUT2D eigenvalue weighted by Gasteiger charge is 2.19. The highest BCUT2D eigenvalue weighted by atomic mass is 32.2. The summed E-state index contributed by atoms with van der Waals surface area (Å²) in [6.07, 6.45) is 1.43. The Bertz CT molecular complexity index is 398. The maximum Gasteiger partial charge on any atom is 0.257 e. The standard InChI is InChI=1S/C7H14N4O2S/c1-6(5-8)10-14(12,13)7-3-4-9-11(7)2/h3-4,6,10H,5,8H2,1-2H3/t6-/m1/s1. The van der Waals surface area contributed by atoms with Gasteiger partial charge in [-0.05, 0) is 13.0 Å². The second-order valence-corrected chi connectivity index (χ2v) is 4.71. The van der Waals surface area contributed by atoms with Crippen molar-refractivity contribution in [2.24, 2.45) is 12.8 Å². The van der Waals surface area contributed by atoms with Crippen molar-refractivity contribution < 1.29 is 8.42 Å². The van der Waals surface area contributed by atoms with Crippen LogP contribution in [0.4, 0.5) is 0 Å². The van der Waals surface area contributed by atoms with E-state index in [9.17, 15) is 8.42 Å². The largest absolute Gasteiger partial charge is 0.329 e. The molecular weight excluding hydrogens is 204 g/mol. The molecule has 0 aliphatic carbocycles. The summed E-state index contributed by atoms with van der Waals surface area (Å²) in [4.78, 5) is 0. The van der Waals surface area contributed by atoms with Crippen molar-refractivity contribution in [2.75, 3.05) is 6.54 Å². The first-order valence-corrected chi connectivity index (χ1v) is 5.66. The lowest BCUT2D eigenvalue weighted by Crippen LogP contribution is -2.38. The zero-order chi connectivity index (χ0) is 10.8. The molecule has 0 aliphatic heterocycles. The highest BCUT2D eigenvalue weighted by molar-refractivity contribution is 7.89. The molecule has 1 aromatic rings. The fourth-order valence-corrected chi connectivity index (χ4v) is 2.38. The monoisotopic (exact) mass is 218 g/mol. The van der Waals surface area contributed by atoms with Crippen LogP contribution < -0.4 is 10.5 Å². The first kappa shape index (κ1) is 11.2. The highest BCUT2D eigenvalue weighted by Crippen LogP contribution is 2.06. The third-order valence-corrected chi connectivity index (χ3v) is 3.42. The topological polar surface area (TPSA) is 90.0 Å². The van der Waals surface area contributed by atoms with Gasteiger partial charge in [-0.2, -0.15) is 5.10 Å². The van der Waals surface area contributed by atoms with Crippen LogP contribution in [-0.2, 0) is 17.1 Å². The van der Waals surface area contributed by atoms with Gasteiger partial charge in [0.25, 0.3) is 10.0 Å². The fraction of sp³-hybridized carbons (Fsp3) is 0.571. The molecule has 1 atom stereocenters. The van der Waals surface area contributed by atoms with Crippen LogP contribution in [0.2, 0.25) is 0 Å². The average molecular weight is 218 g/mol. The second-order valence-electron chi connectivity index (χ2n) is 3.05. The molecule has 1 rings (SSSR count). The van der Waals surface area contributed by atoms with E-state index in [1.165, 1.54) is 16.9 Å². The molecule has 0 amide bonds. The van der Waals surface area contributed by atoms with E-state index >= 15 is 0 Å². The van der Waals surface area contributed by atoms with Crippen LogP contribution >= 0.6 is 0 Å². The van der Waals surface area contributed by atoms with Crippen molar-refractivity contribution in [2.45, 2.75) is 18.0 Å². The maximum atomic E-state index is 11.7. The Morgan fingerprint density at radius 2 is 2.36 bits per heavy atom. The number of hydrogen-bond acceptors (Lipinski definition) is 4. The summed E-state index contributed by atoms with van der Waals surface area (Å²) in [5.74, 6) is 0. The van der Waals surface area contributed by atoms with Gasteiger partial charge in [-0.15, -0.1) is 0 Å². The Hall–Kier alpha value is -0.920. The normalized spacial score (nSPS) is 14.2. The summed E-state index contributed by atoms with van der Waals surface area (Å²) in [7, 11) is -1.92. The number of nitrogens with zero attached hydrogens (tertiary/aromatic N) is 2. The van der Waals surface area contributed by atoms with Crippen molar-refractivity contribution in [3.8, 4) is 0 Å². The lowest BCUT2D eigenvalue weighted by Gasteiger charge is -2.11. The van der Waals surface area contributed by atoms with Crippen molar-refractivity contribution in [1.29, 1.82) is 0 Å². The molecule has 1 aromatic heterocycles. The number of nitrogens with one attached hydrogen (secondary N) is 1. The molecule has 0 aromatic carbocycles. The van der Waals surface area contributed by atoms with Gasteiger partial charge >= 0.3 is 0 Å². The van der Waals surface area contributed by atoms with E-state index in [4.69, 9.17) is 5.73 Å². The minimum Gasteiger partial charge on any atom is -0.329 e. The minimum absolute atomic E-state index is 0.137. The van der Waals surface area contributed by atoms with E-state index in [1.807, 2.05) is 0 Å². The van der Waals surface area contributed by atoms with E-state index in [-0.39, 0.29) is 17.6 Å². The van der Waals surface area contributed by atoms with Crippen molar-refractivity contribution >= 4 is 10.0 Å². The van der Waals surface area contributed by atoms with Crippen molar-refractivity contribution in [3.63, 3.8) is 0 Å².